The van der Waals surface area contributed by atoms with Crippen molar-refractivity contribution in [1.82, 2.24) is 14.8 Å². The summed E-state index contributed by atoms with van der Waals surface area (Å²) in [5.41, 5.74) is 0.637. The number of likely N-dealkylation sites (tertiary alicyclic amines) is 1. The Morgan fingerprint density at radius 1 is 1.45 bits per heavy atom. The minimum Gasteiger partial charge on any atom is -0.373 e. The Labute approximate surface area is 131 Å². The summed E-state index contributed by atoms with van der Waals surface area (Å²) in [4.78, 5) is 21.4. The van der Waals surface area contributed by atoms with E-state index in [4.69, 9.17) is 4.74 Å². The smallest absolute Gasteiger partial charge is 0.257 e. The molecule has 22 heavy (non-hydrogen) atoms. The number of ether oxygens (including phenoxy) is 1. The van der Waals surface area contributed by atoms with Gasteiger partial charge in [-0.2, -0.15) is 0 Å². The molecule has 1 N–H and O–H groups in total. The Morgan fingerprint density at radius 2 is 2.27 bits per heavy atom. The lowest BCUT2D eigenvalue weighted by molar-refractivity contribution is -0.0368. The molecule has 0 radical (unpaired) electrons. The number of hydrogen-bond acceptors (Lipinski definition) is 5. The van der Waals surface area contributed by atoms with Gasteiger partial charge in [0.1, 0.15) is 5.82 Å². The van der Waals surface area contributed by atoms with E-state index in [1.165, 1.54) is 0 Å². The zero-order valence-corrected chi connectivity index (χ0v) is 13.5. The number of anilines is 1. The van der Waals surface area contributed by atoms with E-state index in [2.05, 4.69) is 22.2 Å². The van der Waals surface area contributed by atoms with Crippen LogP contribution < -0.4 is 5.32 Å². The summed E-state index contributed by atoms with van der Waals surface area (Å²) in [7, 11) is 2.10. The van der Waals surface area contributed by atoms with E-state index in [1.54, 1.807) is 6.20 Å². The number of likely N-dealkylation sites (N-methyl/N-ethyl adjacent to an activating group) is 1. The van der Waals surface area contributed by atoms with Crippen LogP contribution in [0.5, 0.6) is 0 Å². The highest BCUT2D eigenvalue weighted by molar-refractivity contribution is 5.99. The van der Waals surface area contributed by atoms with Gasteiger partial charge >= 0.3 is 0 Å². The molecule has 2 fully saturated rings. The Kier molecular flexibility index (Phi) is 4.31. The molecule has 0 unspecified atom stereocenters. The Hall–Kier alpha value is -1.66. The SMILES string of the molecule is CC(C)Nc1ncccc1C(=O)N1C[C@H]2OCCN(C)[C@H]2C1. The molecule has 3 rings (SSSR count). The first-order valence-corrected chi connectivity index (χ1v) is 7.89. The van der Waals surface area contributed by atoms with Crippen LogP contribution in [0.4, 0.5) is 5.82 Å². The average molecular weight is 304 g/mol. The van der Waals surface area contributed by atoms with Crippen LogP contribution in [0.3, 0.4) is 0 Å². The topological polar surface area (TPSA) is 57.7 Å². The number of carbonyl (C=O) groups excluding carboxylic acids is 1. The Balaban J connectivity index is 1.77. The van der Waals surface area contributed by atoms with E-state index >= 15 is 0 Å². The number of aromatic nitrogens is 1. The molecule has 0 aromatic carbocycles. The second-order valence-electron chi connectivity index (χ2n) is 6.37. The first-order valence-electron chi connectivity index (χ1n) is 7.89. The molecule has 0 aliphatic carbocycles. The molecular formula is C16H24N4O2. The van der Waals surface area contributed by atoms with Crippen molar-refractivity contribution in [3.05, 3.63) is 23.9 Å². The highest BCUT2D eigenvalue weighted by atomic mass is 16.5. The van der Waals surface area contributed by atoms with Gasteiger partial charge in [0.25, 0.3) is 5.91 Å². The van der Waals surface area contributed by atoms with Crippen LogP contribution in [0.15, 0.2) is 18.3 Å². The largest absolute Gasteiger partial charge is 0.373 e. The molecule has 1 aromatic rings. The first-order chi connectivity index (χ1) is 10.6. The molecule has 0 bridgehead atoms. The minimum atomic E-state index is 0.0302. The van der Waals surface area contributed by atoms with Gasteiger partial charge < -0.3 is 15.0 Å². The van der Waals surface area contributed by atoms with Crippen LogP contribution in [-0.2, 0) is 4.74 Å². The molecular weight excluding hydrogens is 280 g/mol. The summed E-state index contributed by atoms with van der Waals surface area (Å²) >= 11 is 0. The van der Waals surface area contributed by atoms with Gasteiger partial charge in [-0.3, -0.25) is 9.69 Å². The fourth-order valence-corrected chi connectivity index (χ4v) is 3.16. The van der Waals surface area contributed by atoms with Crippen LogP contribution in [0.1, 0.15) is 24.2 Å². The predicted octanol–water partition coefficient (Wildman–Crippen LogP) is 1.06. The molecule has 2 atom stereocenters. The summed E-state index contributed by atoms with van der Waals surface area (Å²) in [5.74, 6) is 0.689. The molecule has 1 aromatic heterocycles. The van der Waals surface area contributed by atoms with Gasteiger partial charge in [-0.15, -0.1) is 0 Å². The zero-order chi connectivity index (χ0) is 15.7. The third kappa shape index (κ3) is 2.94. The summed E-state index contributed by atoms with van der Waals surface area (Å²) < 4.78 is 5.82. The van der Waals surface area contributed by atoms with Crippen LogP contribution in [0.25, 0.3) is 0 Å². The molecule has 6 nitrogen and oxygen atoms in total. The van der Waals surface area contributed by atoms with E-state index < -0.39 is 0 Å². The number of fused-ring (bicyclic) bond motifs is 1. The van der Waals surface area contributed by atoms with Gasteiger partial charge in [-0.05, 0) is 33.0 Å². The van der Waals surface area contributed by atoms with Crippen molar-refractivity contribution in [2.75, 3.05) is 38.6 Å². The monoisotopic (exact) mass is 304 g/mol. The van der Waals surface area contributed by atoms with Crippen LogP contribution >= 0.6 is 0 Å². The molecule has 6 heteroatoms. The number of pyridine rings is 1. The molecule has 0 saturated carbocycles. The third-order valence-electron chi connectivity index (χ3n) is 4.33. The fraction of sp³-hybridized carbons (Fsp3) is 0.625. The molecule has 2 aliphatic heterocycles. The maximum absolute atomic E-state index is 12.9. The number of amides is 1. The van der Waals surface area contributed by atoms with Gasteiger partial charge in [-0.25, -0.2) is 4.98 Å². The van der Waals surface area contributed by atoms with E-state index in [9.17, 15) is 4.79 Å². The van der Waals surface area contributed by atoms with Crippen LogP contribution in [-0.4, -0.2) is 72.2 Å². The molecule has 3 heterocycles. The second kappa shape index (κ2) is 6.22. The summed E-state index contributed by atoms with van der Waals surface area (Å²) in [5, 5.41) is 3.25. The van der Waals surface area contributed by atoms with Crippen molar-refractivity contribution in [2.45, 2.75) is 32.0 Å². The van der Waals surface area contributed by atoms with Gasteiger partial charge in [-0.1, -0.05) is 0 Å². The summed E-state index contributed by atoms with van der Waals surface area (Å²) in [6.45, 7) is 7.12. The lowest BCUT2D eigenvalue weighted by Crippen LogP contribution is -2.48. The third-order valence-corrected chi connectivity index (χ3v) is 4.33. The lowest BCUT2D eigenvalue weighted by atomic mass is 10.1. The number of hydrogen-bond donors (Lipinski definition) is 1. The van der Waals surface area contributed by atoms with Gasteiger partial charge in [0.05, 0.1) is 24.3 Å². The van der Waals surface area contributed by atoms with Crippen molar-refractivity contribution in [1.29, 1.82) is 0 Å². The van der Waals surface area contributed by atoms with Crippen molar-refractivity contribution in [2.24, 2.45) is 0 Å². The number of nitrogens with one attached hydrogen (secondary N) is 1. The fourth-order valence-electron chi connectivity index (χ4n) is 3.16. The molecule has 0 spiro atoms. The minimum absolute atomic E-state index is 0.0302. The molecule has 1 amide bonds. The number of morpholine rings is 1. The van der Waals surface area contributed by atoms with Crippen LogP contribution in [0, 0.1) is 0 Å². The van der Waals surface area contributed by atoms with E-state index in [0.29, 0.717) is 24.0 Å². The molecule has 2 saturated heterocycles. The summed E-state index contributed by atoms with van der Waals surface area (Å²) in [6.07, 6.45) is 1.84. The van der Waals surface area contributed by atoms with E-state index in [1.807, 2.05) is 30.9 Å². The molecule has 2 aliphatic rings. The van der Waals surface area contributed by atoms with Gasteiger partial charge in [0.2, 0.25) is 0 Å². The maximum atomic E-state index is 12.9. The average Bonchev–Trinajstić information content (AvgIpc) is 2.92. The standard InChI is InChI=1S/C16H24N4O2/c1-11(2)18-15-12(5-4-6-17-15)16(21)20-9-13-14(10-20)22-8-7-19(13)3/h4-6,11,13-14H,7-10H2,1-3H3,(H,17,18)/t13-,14+/m0/s1. The quantitative estimate of drug-likeness (QED) is 0.905. The summed E-state index contributed by atoms with van der Waals surface area (Å²) in [6, 6.07) is 4.19. The number of nitrogens with zero attached hydrogens (tertiary/aromatic N) is 3. The van der Waals surface area contributed by atoms with E-state index in [0.717, 1.165) is 19.7 Å². The normalized spacial score (nSPS) is 25.4. The highest BCUT2D eigenvalue weighted by Gasteiger charge is 2.40. The predicted molar refractivity (Wildman–Crippen MR) is 85.1 cm³/mol. The van der Waals surface area contributed by atoms with Gasteiger partial charge in [0.15, 0.2) is 0 Å². The van der Waals surface area contributed by atoms with Crippen molar-refractivity contribution >= 4 is 11.7 Å². The number of carbonyl (C=O) groups is 1. The maximum Gasteiger partial charge on any atom is 0.257 e. The van der Waals surface area contributed by atoms with Crippen molar-refractivity contribution < 1.29 is 9.53 Å². The van der Waals surface area contributed by atoms with E-state index in [-0.39, 0.29) is 18.1 Å². The van der Waals surface area contributed by atoms with Crippen LogP contribution in [0.2, 0.25) is 0 Å². The Morgan fingerprint density at radius 3 is 3.00 bits per heavy atom. The lowest BCUT2D eigenvalue weighted by Gasteiger charge is -2.33. The molecule has 120 valence electrons. The highest BCUT2D eigenvalue weighted by Crippen LogP contribution is 2.24. The zero-order valence-electron chi connectivity index (χ0n) is 13.5. The Bertz CT molecular complexity index is 549. The van der Waals surface area contributed by atoms with Gasteiger partial charge in [0, 0.05) is 31.9 Å². The van der Waals surface area contributed by atoms with Crippen molar-refractivity contribution in [3.8, 4) is 0 Å². The van der Waals surface area contributed by atoms with Crippen molar-refractivity contribution in [3.63, 3.8) is 0 Å². The second-order valence-corrected chi connectivity index (χ2v) is 6.37. The number of rotatable bonds is 3. The first kappa shape index (κ1) is 15.2.